The average molecular weight is 225 g/mol. The maximum absolute atomic E-state index is 4.63. The summed E-state index contributed by atoms with van der Waals surface area (Å²) < 4.78 is 0. The van der Waals surface area contributed by atoms with Gasteiger partial charge in [0.2, 0.25) is 0 Å². The van der Waals surface area contributed by atoms with Crippen molar-refractivity contribution in [2.75, 3.05) is 19.0 Å². The summed E-state index contributed by atoms with van der Waals surface area (Å²) in [5.74, 6) is 0. The number of hydrogen-bond acceptors (Lipinski definition) is 4. The zero-order valence-corrected chi connectivity index (χ0v) is 10.3. The third-order valence-corrected chi connectivity index (χ3v) is 4.05. The molecule has 84 valence electrons. The van der Waals surface area contributed by atoms with Gasteiger partial charge in [0.05, 0.1) is 5.69 Å². The van der Waals surface area contributed by atoms with Crippen molar-refractivity contribution in [3.8, 4) is 0 Å². The van der Waals surface area contributed by atoms with Gasteiger partial charge in [0, 0.05) is 25.0 Å². The SMILES string of the molecule is CNCc1csc(N(C)C2CCCC2)n1. The van der Waals surface area contributed by atoms with Gasteiger partial charge in [-0.1, -0.05) is 12.8 Å². The van der Waals surface area contributed by atoms with Gasteiger partial charge in [-0.05, 0) is 19.9 Å². The fourth-order valence-corrected chi connectivity index (χ4v) is 3.03. The fourth-order valence-electron chi connectivity index (χ4n) is 2.17. The maximum atomic E-state index is 4.63. The molecule has 0 spiro atoms. The minimum atomic E-state index is 0.721. The van der Waals surface area contributed by atoms with Crippen molar-refractivity contribution < 1.29 is 0 Å². The van der Waals surface area contributed by atoms with Crippen LogP contribution in [0.2, 0.25) is 0 Å². The van der Waals surface area contributed by atoms with E-state index in [0.717, 1.165) is 18.3 Å². The molecule has 1 N–H and O–H groups in total. The third-order valence-electron chi connectivity index (χ3n) is 3.07. The molecule has 1 aromatic heterocycles. The molecule has 2 rings (SSSR count). The molecule has 1 aliphatic rings. The molecule has 0 unspecified atom stereocenters. The monoisotopic (exact) mass is 225 g/mol. The number of nitrogens with one attached hydrogen (secondary N) is 1. The Labute approximate surface area is 95.5 Å². The highest BCUT2D eigenvalue weighted by Gasteiger charge is 2.21. The molecule has 1 saturated carbocycles. The molecule has 4 heteroatoms. The van der Waals surface area contributed by atoms with Crippen LogP contribution in [-0.2, 0) is 6.54 Å². The lowest BCUT2D eigenvalue weighted by atomic mass is 10.2. The standard InChI is InChI=1S/C11H19N3S/c1-12-7-9-8-15-11(13-9)14(2)10-5-3-4-6-10/h8,10,12H,3-7H2,1-2H3. The predicted molar refractivity (Wildman–Crippen MR) is 65.5 cm³/mol. The van der Waals surface area contributed by atoms with Crippen LogP contribution >= 0.6 is 11.3 Å². The highest BCUT2D eigenvalue weighted by molar-refractivity contribution is 7.13. The first-order chi connectivity index (χ1) is 7.31. The van der Waals surface area contributed by atoms with Gasteiger partial charge in [0.15, 0.2) is 5.13 Å². The van der Waals surface area contributed by atoms with E-state index in [1.54, 1.807) is 11.3 Å². The molecule has 15 heavy (non-hydrogen) atoms. The molecule has 0 aliphatic heterocycles. The average Bonchev–Trinajstić information content (AvgIpc) is 2.87. The van der Waals surface area contributed by atoms with E-state index in [1.165, 1.54) is 30.8 Å². The summed E-state index contributed by atoms with van der Waals surface area (Å²) in [7, 11) is 4.14. The summed E-state index contributed by atoms with van der Waals surface area (Å²) in [4.78, 5) is 6.98. The van der Waals surface area contributed by atoms with Crippen molar-refractivity contribution >= 4 is 16.5 Å². The van der Waals surface area contributed by atoms with Crippen molar-refractivity contribution in [2.45, 2.75) is 38.3 Å². The zero-order valence-electron chi connectivity index (χ0n) is 9.49. The molecule has 1 aliphatic carbocycles. The Balaban J connectivity index is 2.00. The van der Waals surface area contributed by atoms with Crippen molar-refractivity contribution in [1.82, 2.24) is 10.3 Å². The Hall–Kier alpha value is -0.610. The minimum Gasteiger partial charge on any atom is -0.348 e. The van der Waals surface area contributed by atoms with Crippen LogP contribution in [0, 0.1) is 0 Å². The number of hydrogen-bond donors (Lipinski definition) is 1. The largest absolute Gasteiger partial charge is 0.348 e. The summed E-state index contributed by atoms with van der Waals surface area (Å²) in [6.07, 6.45) is 5.42. The maximum Gasteiger partial charge on any atom is 0.185 e. The van der Waals surface area contributed by atoms with Gasteiger partial charge in [-0.15, -0.1) is 11.3 Å². The molecule has 0 radical (unpaired) electrons. The van der Waals surface area contributed by atoms with Crippen LogP contribution < -0.4 is 10.2 Å². The second-order valence-corrected chi connectivity index (χ2v) is 5.04. The smallest absolute Gasteiger partial charge is 0.185 e. The van der Waals surface area contributed by atoms with E-state index < -0.39 is 0 Å². The van der Waals surface area contributed by atoms with Crippen molar-refractivity contribution in [3.05, 3.63) is 11.1 Å². The Morgan fingerprint density at radius 1 is 1.53 bits per heavy atom. The quantitative estimate of drug-likeness (QED) is 0.852. The molecule has 0 saturated heterocycles. The number of thiazole rings is 1. The summed E-state index contributed by atoms with van der Waals surface area (Å²) in [6, 6.07) is 0.721. The van der Waals surface area contributed by atoms with Crippen LogP contribution in [0.4, 0.5) is 5.13 Å². The Morgan fingerprint density at radius 2 is 2.27 bits per heavy atom. The Kier molecular flexibility index (Phi) is 3.59. The summed E-state index contributed by atoms with van der Waals surface area (Å²) in [5.41, 5.74) is 1.15. The van der Waals surface area contributed by atoms with E-state index >= 15 is 0 Å². The first-order valence-corrected chi connectivity index (χ1v) is 6.51. The van der Waals surface area contributed by atoms with Crippen LogP contribution in [0.5, 0.6) is 0 Å². The predicted octanol–water partition coefficient (Wildman–Crippen LogP) is 2.24. The summed E-state index contributed by atoms with van der Waals surface area (Å²) in [5, 5.41) is 6.45. The highest BCUT2D eigenvalue weighted by atomic mass is 32.1. The Morgan fingerprint density at radius 3 is 2.93 bits per heavy atom. The molecule has 3 nitrogen and oxygen atoms in total. The lowest BCUT2D eigenvalue weighted by molar-refractivity contribution is 0.650. The van der Waals surface area contributed by atoms with E-state index in [0.29, 0.717) is 0 Å². The first-order valence-electron chi connectivity index (χ1n) is 5.63. The van der Waals surface area contributed by atoms with Gasteiger partial charge >= 0.3 is 0 Å². The number of nitrogens with zero attached hydrogens (tertiary/aromatic N) is 2. The van der Waals surface area contributed by atoms with Gasteiger partial charge in [-0.2, -0.15) is 0 Å². The molecule has 0 bridgehead atoms. The lowest BCUT2D eigenvalue weighted by Crippen LogP contribution is -2.28. The minimum absolute atomic E-state index is 0.721. The van der Waals surface area contributed by atoms with Crippen molar-refractivity contribution in [1.29, 1.82) is 0 Å². The molecule has 1 heterocycles. The van der Waals surface area contributed by atoms with Gasteiger partial charge in [0.1, 0.15) is 0 Å². The molecule has 0 atom stereocenters. The lowest BCUT2D eigenvalue weighted by Gasteiger charge is -2.23. The highest BCUT2D eigenvalue weighted by Crippen LogP contribution is 2.28. The first kappa shape index (κ1) is 10.9. The molecule has 1 aromatic rings. The third kappa shape index (κ3) is 2.49. The number of anilines is 1. The normalized spacial score (nSPS) is 17.2. The van der Waals surface area contributed by atoms with Crippen LogP contribution in [-0.4, -0.2) is 25.1 Å². The second-order valence-electron chi connectivity index (χ2n) is 4.20. The second kappa shape index (κ2) is 4.94. The van der Waals surface area contributed by atoms with E-state index in [2.05, 4.69) is 27.6 Å². The zero-order chi connectivity index (χ0) is 10.7. The molecule has 0 amide bonds. The number of aromatic nitrogens is 1. The molecule has 1 fully saturated rings. The van der Waals surface area contributed by atoms with Crippen LogP contribution in [0.3, 0.4) is 0 Å². The van der Waals surface area contributed by atoms with E-state index in [4.69, 9.17) is 0 Å². The van der Waals surface area contributed by atoms with Gasteiger partial charge in [0.25, 0.3) is 0 Å². The van der Waals surface area contributed by atoms with E-state index in [9.17, 15) is 0 Å². The summed E-state index contributed by atoms with van der Waals surface area (Å²) in [6.45, 7) is 0.870. The van der Waals surface area contributed by atoms with Crippen molar-refractivity contribution in [2.24, 2.45) is 0 Å². The van der Waals surface area contributed by atoms with Gasteiger partial charge in [-0.3, -0.25) is 0 Å². The van der Waals surface area contributed by atoms with Crippen LogP contribution in [0.25, 0.3) is 0 Å². The van der Waals surface area contributed by atoms with E-state index in [1.807, 2.05) is 7.05 Å². The summed E-state index contributed by atoms with van der Waals surface area (Å²) >= 11 is 1.76. The molecular weight excluding hydrogens is 206 g/mol. The van der Waals surface area contributed by atoms with Gasteiger partial charge in [-0.25, -0.2) is 4.98 Å². The van der Waals surface area contributed by atoms with Crippen LogP contribution in [0.15, 0.2) is 5.38 Å². The Bertz CT molecular complexity index is 305. The number of rotatable bonds is 4. The van der Waals surface area contributed by atoms with Crippen LogP contribution in [0.1, 0.15) is 31.4 Å². The molecular formula is C11H19N3S. The van der Waals surface area contributed by atoms with Crippen molar-refractivity contribution in [3.63, 3.8) is 0 Å². The van der Waals surface area contributed by atoms with E-state index in [-0.39, 0.29) is 0 Å². The molecule has 0 aromatic carbocycles. The van der Waals surface area contributed by atoms with Gasteiger partial charge < -0.3 is 10.2 Å². The fraction of sp³-hybridized carbons (Fsp3) is 0.727. The topological polar surface area (TPSA) is 28.2 Å².